The van der Waals surface area contributed by atoms with Gasteiger partial charge in [-0.25, -0.2) is 4.79 Å². The van der Waals surface area contributed by atoms with E-state index in [0.717, 1.165) is 0 Å². The topological polar surface area (TPSA) is 63.3 Å². The zero-order valence-electron chi connectivity index (χ0n) is 7.95. The Morgan fingerprint density at radius 1 is 1.31 bits per heavy atom. The van der Waals surface area contributed by atoms with Crippen LogP contribution in [0.2, 0.25) is 0 Å². The zero-order chi connectivity index (χ0) is 10.3. The highest BCUT2D eigenvalue weighted by molar-refractivity contribution is 5.87. The first-order chi connectivity index (χ1) is 6.11. The van der Waals surface area contributed by atoms with Crippen LogP contribution in [-0.4, -0.2) is 11.1 Å². The predicted octanol–water partition coefficient (Wildman–Crippen LogP) is 2.38. The molecule has 0 spiro atoms. The van der Waals surface area contributed by atoms with Crippen LogP contribution in [0.1, 0.15) is 30.6 Å². The maximum Gasteiger partial charge on any atom is 0.335 e. The number of rotatable bonds is 1. The third-order valence-corrected chi connectivity index (χ3v) is 1.16. The van der Waals surface area contributed by atoms with Crippen LogP contribution in [0.25, 0.3) is 0 Å². The number of hydrogen-bond donors (Lipinski definition) is 2. The smallest absolute Gasteiger partial charge is 0.335 e. The van der Waals surface area contributed by atoms with E-state index in [-0.39, 0.29) is 5.56 Å². The minimum atomic E-state index is -0.931. The average Bonchev–Trinajstić information content (AvgIpc) is 2.06. The van der Waals surface area contributed by atoms with Crippen molar-refractivity contribution >= 4 is 11.7 Å². The molecule has 1 rings (SSSR count). The van der Waals surface area contributed by atoms with Gasteiger partial charge >= 0.3 is 5.97 Å². The molecule has 0 aromatic heterocycles. The van der Waals surface area contributed by atoms with Crippen molar-refractivity contribution in [2.75, 3.05) is 5.73 Å². The van der Waals surface area contributed by atoms with Crippen LogP contribution < -0.4 is 5.73 Å². The van der Waals surface area contributed by atoms with Gasteiger partial charge in [-0.3, -0.25) is 0 Å². The van der Waals surface area contributed by atoms with Gasteiger partial charge in [-0.1, -0.05) is 20.3 Å². The van der Waals surface area contributed by atoms with Crippen LogP contribution in [0, 0.1) is 0 Å². The van der Waals surface area contributed by atoms with Gasteiger partial charge in [0.15, 0.2) is 0 Å². The molecule has 0 aliphatic carbocycles. The minimum absolute atomic E-state index is 0.259. The van der Waals surface area contributed by atoms with Gasteiger partial charge in [0.1, 0.15) is 0 Å². The molecule has 3 N–H and O–H groups in total. The lowest BCUT2D eigenvalue weighted by Gasteiger charge is -1.93. The second-order valence-corrected chi connectivity index (χ2v) is 2.63. The van der Waals surface area contributed by atoms with Crippen molar-refractivity contribution in [1.82, 2.24) is 0 Å². The molecule has 3 nitrogen and oxygen atoms in total. The molecule has 0 saturated heterocycles. The first-order valence-electron chi connectivity index (χ1n) is 4.20. The van der Waals surface area contributed by atoms with Crippen LogP contribution in [0.4, 0.5) is 5.69 Å². The van der Waals surface area contributed by atoms with E-state index in [4.69, 9.17) is 10.8 Å². The molecular weight excluding hydrogens is 166 g/mol. The highest BCUT2D eigenvalue weighted by Gasteiger charge is 1.98. The second kappa shape index (κ2) is 6.06. The van der Waals surface area contributed by atoms with Crippen molar-refractivity contribution in [2.45, 2.75) is 20.3 Å². The van der Waals surface area contributed by atoms with Gasteiger partial charge in [0.05, 0.1) is 5.56 Å². The van der Waals surface area contributed by atoms with E-state index in [2.05, 4.69) is 13.8 Å². The third-order valence-electron chi connectivity index (χ3n) is 1.16. The van der Waals surface area contributed by atoms with E-state index in [1.807, 2.05) is 0 Å². The monoisotopic (exact) mass is 181 g/mol. The van der Waals surface area contributed by atoms with E-state index in [9.17, 15) is 4.79 Å². The minimum Gasteiger partial charge on any atom is -0.478 e. The second-order valence-electron chi connectivity index (χ2n) is 2.63. The molecule has 0 fully saturated rings. The van der Waals surface area contributed by atoms with Gasteiger partial charge in [-0.05, 0) is 24.3 Å². The lowest BCUT2D eigenvalue weighted by molar-refractivity contribution is 0.0697. The molecule has 0 aliphatic heterocycles. The molecular formula is C10H15NO2. The van der Waals surface area contributed by atoms with Crippen molar-refractivity contribution < 1.29 is 9.90 Å². The van der Waals surface area contributed by atoms with Crippen LogP contribution >= 0.6 is 0 Å². The summed E-state index contributed by atoms with van der Waals surface area (Å²) in [5, 5.41) is 8.43. The Kier molecular flexibility index (Phi) is 5.35. The molecule has 0 amide bonds. The standard InChI is InChI=1S/C7H7NO2.C3H8/c8-6-3-1-5(2-4-6)7(9)10;1-3-2/h1-4H,8H2,(H,9,10);3H2,1-2H3. The first-order valence-corrected chi connectivity index (χ1v) is 4.20. The summed E-state index contributed by atoms with van der Waals surface area (Å²) in [6.45, 7) is 4.25. The highest BCUT2D eigenvalue weighted by Crippen LogP contribution is 2.04. The predicted molar refractivity (Wildman–Crippen MR) is 53.8 cm³/mol. The number of carbonyl (C=O) groups is 1. The van der Waals surface area contributed by atoms with Crippen molar-refractivity contribution in [3.8, 4) is 0 Å². The molecule has 13 heavy (non-hydrogen) atoms. The Morgan fingerprint density at radius 3 is 2.00 bits per heavy atom. The number of benzene rings is 1. The number of aromatic carboxylic acids is 1. The summed E-state index contributed by atoms with van der Waals surface area (Å²) < 4.78 is 0. The Morgan fingerprint density at radius 2 is 1.69 bits per heavy atom. The molecule has 0 saturated carbocycles. The molecule has 1 aromatic carbocycles. The Hall–Kier alpha value is -1.51. The Balaban J connectivity index is 0.000000424. The molecule has 1 aromatic rings. The average molecular weight is 181 g/mol. The van der Waals surface area contributed by atoms with Gasteiger partial charge in [0.25, 0.3) is 0 Å². The molecule has 0 radical (unpaired) electrons. The van der Waals surface area contributed by atoms with Crippen LogP contribution in [-0.2, 0) is 0 Å². The van der Waals surface area contributed by atoms with Gasteiger partial charge in [-0.15, -0.1) is 0 Å². The van der Waals surface area contributed by atoms with E-state index in [0.29, 0.717) is 5.69 Å². The summed E-state index contributed by atoms with van der Waals surface area (Å²) in [6.07, 6.45) is 1.25. The fraction of sp³-hybridized carbons (Fsp3) is 0.300. The van der Waals surface area contributed by atoms with Crippen LogP contribution in [0.3, 0.4) is 0 Å². The molecule has 0 atom stereocenters. The fourth-order valence-electron chi connectivity index (χ4n) is 0.626. The summed E-state index contributed by atoms with van der Waals surface area (Å²) >= 11 is 0. The molecule has 3 heteroatoms. The summed E-state index contributed by atoms with van der Waals surface area (Å²) in [4.78, 5) is 10.3. The lowest BCUT2D eigenvalue weighted by Crippen LogP contribution is -1.95. The zero-order valence-corrected chi connectivity index (χ0v) is 7.95. The van der Waals surface area contributed by atoms with Crippen molar-refractivity contribution in [1.29, 1.82) is 0 Å². The van der Waals surface area contributed by atoms with E-state index < -0.39 is 5.97 Å². The number of nitrogen functional groups attached to an aromatic ring is 1. The van der Waals surface area contributed by atoms with Gasteiger partial charge in [0.2, 0.25) is 0 Å². The van der Waals surface area contributed by atoms with E-state index in [1.54, 1.807) is 12.1 Å². The van der Waals surface area contributed by atoms with Gasteiger partial charge < -0.3 is 10.8 Å². The number of hydrogen-bond acceptors (Lipinski definition) is 2. The first kappa shape index (κ1) is 11.5. The SMILES string of the molecule is CCC.Nc1ccc(C(=O)O)cc1. The molecule has 0 aliphatic rings. The number of nitrogens with two attached hydrogens (primary N) is 1. The molecule has 72 valence electrons. The quantitative estimate of drug-likeness (QED) is 0.654. The molecule has 0 unspecified atom stereocenters. The summed E-state index contributed by atoms with van der Waals surface area (Å²) in [6, 6.07) is 6.06. The van der Waals surface area contributed by atoms with E-state index >= 15 is 0 Å². The number of carboxylic acids is 1. The van der Waals surface area contributed by atoms with Gasteiger partial charge in [0, 0.05) is 5.69 Å². The summed E-state index contributed by atoms with van der Waals surface area (Å²) in [5.74, 6) is -0.931. The summed E-state index contributed by atoms with van der Waals surface area (Å²) in [7, 11) is 0. The number of carboxylic acid groups (broad SMARTS) is 1. The Bertz CT molecular complexity index is 254. The van der Waals surface area contributed by atoms with Gasteiger partial charge in [-0.2, -0.15) is 0 Å². The molecule has 0 bridgehead atoms. The summed E-state index contributed by atoms with van der Waals surface area (Å²) in [5.41, 5.74) is 6.17. The largest absolute Gasteiger partial charge is 0.478 e. The lowest BCUT2D eigenvalue weighted by atomic mass is 10.2. The Labute approximate surface area is 78.2 Å². The van der Waals surface area contributed by atoms with Crippen molar-refractivity contribution in [3.63, 3.8) is 0 Å². The maximum absolute atomic E-state index is 10.3. The van der Waals surface area contributed by atoms with E-state index in [1.165, 1.54) is 18.6 Å². The van der Waals surface area contributed by atoms with Crippen LogP contribution in [0.5, 0.6) is 0 Å². The van der Waals surface area contributed by atoms with Crippen LogP contribution in [0.15, 0.2) is 24.3 Å². The highest BCUT2D eigenvalue weighted by atomic mass is 16.4. The molecule has 0 heterocycles. The fourth-order valence-corrected chi connectivity index (χ4v) is 0.626. The van der Waals surface area contributed by atoms with Crippen molar-refractivity contribution in [3.05, 3.63) is 29.8 Å². The maximum atomic E-state index is 10.3. The third kappa shape index (κ3) is 4.85. The number of anilines is 1. The normalized spacial score (nSPS) is 8.46. The van der Waals surface area contributed by atoms with Crippen molar-refractivity contribution in [2.24, 2.45) is 0 Å².